The maximum atomic E-state index is 6.24. The first-order valence-corrected chi connectivity index (χ1v) is 8.19. The fourth-order valence-corrected chi connectivity index (χ4v) is 4.02. The molecular weight excluding hydrogens is 293 g/mol. The summed E-state index contributed by atoms with van der Waals surface area (Å²) in [5.41, 5.74) is 1.11. The third kappa shape index (κ3) is 2.66. The van der Waals surface area contributed by atoms with Crippen LogP contribution < -0.4 is 10.1 Å². The second-order valence-electron chi connectivity index (χ2n) is 6.18. The average Bonchev–Trinajstić information content (AvgIpc) is 2.72. The molecule has 1 saturated carbocycles. The van der Waals surface area contributed by atoms with Gasteiger partial charge in [-0.25, -0.2) is 0 Å². The van der Waals surface area contributed by atoms with E-state index in [9.17, 15) is 0 Å². The SMILES string of the molecule is CC1CCC(NC2CCOc3c(Cl)cc(Cl)cc32)C1C. The third-order valence-corrected chi connectivity index (χ3v) is 5.44. The summed E-state index contributed by atoms with van der Waals surface area (Å²) in [5.74, 6) is 2.32. The van der Waals surface area contributed by atoms with E-state index in [1.54, 1.807) is 6.07 Å². The van der Waals surface area contributed by atoms with Gasteiger partial charge >= 0.3 is 0 Å². The molecule has 0 radical (unpaired) electrons. The van der Waals surface area contributed by atoms with Crippen molar-refractivity contribution in [2.75, 3.05) is 6.61 Å². The molecule has 4 heteroatoms. The van der Waals surface area contributed by atoms with Crippen LogP contribution >= 0.6 is 23.2 Å². The highest BCUT2D eigenvalue weighted by Crippen LogP contribution is 2.41. The number of hydrogen-bond donors (Lipinski definition) is 1. The number of nitrogens with one attached hydrogen (secondary N) is 1. The molecule has 2 aliphatic rings. The molecule has 1 aliphatic heterocycles. The molecule has 1 aliphatic carbocycles. The van der Waals surface area contributed by atoms with Crippen LogP contribution in [0, 0.1) is 11.8 Å². The summed E-state index contributed by atoms with van der Waals surface area (Å²) < 4.78 is 5.72. The topological polar surface area (TPSA) is 21.3 Å². The quantitative estimate of drug-likeness (QED) is 0.843. The second kappa shape index (κ2) is 5.75. The van der Waals surface area contributed by atoms with Crippen LogP contribution in [-0.2, 0) is 0 Å². The van der Waals surface area contributed by atoms with Crippen LogP contribution in [0.25, 0.3) is 0 Å². The molecule has 1 heterocycles. The summed E-state index contributed by atoms with van der Waals surface area (Å²) in [7, 11) is 0. The number of fused-ring (bicyclic) bond motifs is 1. The standard InChI is InChI=1S/C16H21Cl2NO/c1-9-3-4-14(10(9)2)19-15-5-6-20-16-12(15)7-11(17)8-13(16)18/h7-10,14-15,19H,3-6H2,1-2H3. The van der Waals surface area contributed by atoms with E-state index in [0.717, 1.165) is 29.6 Å². The van der Waals surface area contributed by atoms with Gasteiger partial charge in [-0.3, -0.25) is 0 Å². The van der Waals surface area contributed by atoms with Crippen molar-refractivity contribution in [2.24, 2.45) is 11.8 Å². The zero-order valence-electron chi connectivity index (χ0n) is 12.0. The van der Waals surface area contributed by atoms with Crippen LogP contribution in [0.15, 0.2) is 12.1 Å². The van der Waals surface area contributed by atoms with Crippen LogP contribution in [-0.4, -0.2) is 12.6 Å². The lowest BCUT2D eigenvalue weighted by molar-refractivity contribution is 0.233. The highest BCUT2D eigenvalue weighted by molar-refractivity contribution is 6.35. The zero-order valence-corrected chi connectivity index (χ0v) is 13.5. The van der Waals surface area contributed by atoms with Crippen LogP contribution in [0.5, 0.6) is 5.75 Å². The molecule has 0 bridgehead atoms. The molecule has 3 rings (SSSR count). The van der Waals surface area contributed by atoms with E-state index >= 15 is 0 Å². The van der Waals surface area contributed by atoms with Crippen molar-refractivity contribution in [3.05, 3.63) is 27.7 Å². The number of rotatable bonds is 2. The van der Waals surface area contributed by atoms with Gasteiger partial charge in [-0.15, -0.1) is 0 Å². The van der Waals surface area contributed by atoms with Crippen molar-refractivity contribution in [2.45, 2.75) is 45.2 Å². The Morgan fingerprint density at radius 3 is 2.65 bits per heavy atom. The first-order valence-electron chi connectivity index (χ1n) is 7.44. The zero-order chi connectivity index (χ0) is 14.3. The van der Waals surface area contributed by atoms with Gasteiger partial charge in [-0.05, 0) is 36.8 Å². The summed E-state index contributed by atoms with van der Waals surface area (Å²) >= 11 is 12.4. The van der Waals surface area contributed by atoms with E-state index in [1.807, 2.05) is 6.07 Å². The number of benzene rings is 1. The molecule has 1 aromatic rings. The summed E-state index contributed by atoms with van der Waals surface area (Å²) in [4.78, 5) is 0. The van der Waals surface area contributed by atoms with Crippen molar-refractivity contribution >= 4 is 23.2 Å². The molecule has 0 spiro atoms. The fourth-order valence-electron chi connectivity index (χ4n) is 3.46. The summed E-state index contributed by atoms with van der Waals surface area (Å²) in [6.07, 6.45) is 3.54. The largest absolute Gasteiger partial charge is 0.492 e. The minimum atomic E-state index is 0.299. The van der Waals surface area contributed by atoms with E-state index in [4.69, 9.17) is 27.9 Å². The average molecular weight is 314 g/mol. The summed E-state index contributed by atoms with van der Waals surface area (Å²) in [5, 5.41) is 5.11. The molecule has 20 heavy (non-hydrogen) atoms. The molecular formula is C16H21Cl2NO. The molecule has 1 aromatic carbocycles. The lowest BCUT2D eigenvalue weighted by Gasteiger charge is -2.31. The molecule has 1 fully saturated rings. The predicted octanol–water partition coefficient (Wildman–Crippen LogP) is 4.84. The molecule has 4 unspecified atom stereocenters. The number of ether oxygens (including phenoxy) is 1. The first kappa shape index (κ1) is 14.5. The number of halogens is 2. The van der Waals surface area contributed by atoms with Gasteiger partial charge in [0.1, 0.15) is 5.75 Å². The lowest BCUT2D eigenvalue weighted by Crippen LogP contribution is -2.37. The van der Waals surface area contributed by atoms with E-state index < -0.39 is 0 Å². The van der Waals surface area contributed by atoms with Crippen molar-refractivity contribution in [3.8, 4) is 5.75 Å². The molecule has 4 atom stereocenters. The van der Waals surface area contributed by atoms with E-state index in [-0.39, 0.29) is 0 Å². The van der Waals surface area contributed by atoms with Gasteiger partial charge in [0, 0.05) is 29.1 Å². The maximum absolute atomic E-state index is 6.24. The maximum Gasteiger partial charge on any atom is 0.142 e. The molecule has 0 amide bonds. The molecule has 2 nitrogen and oxygen atoms in total. The van der Waals surface area contributed by atoms with Crippen LogP contribution in [0.1, 0.15) is 44.7 Å². The molecule has 0 aromatic heterocycles. The minimum absolute atomic E-state index is 0.299. The minimum Gasteiger partial charge on any atom is -0.492 e. The van der Waals surface area contributed by atoms with Crippen LogP contribution in [0.2, 0.25) is 10.0 Å². The first-order chi connectivity index (χ1) is 9.56. The van der Waals surface area contributed by atoms with E-state index in [2.05, 4.69) is 19.2 Å². The Labute approximate surface area is 130 Å². The van der Waals surface area contributed by atoms with Crippen molar-refractivity contribution < 1.29 is 4.74 Å². The van der Waals surface area contributed by atoms with E-state index in [0.29, 0.717) is 28.7 Å². The van der Waals surface area contributed by atoms with Crippen LogP contribution in [0.4, 0.5) is 0 Å². The van der Waals surface area contributed by atoms with Gasteiger partial charge in [0.05, 0.1) is 11.6 Å². The van der Waals surface area contributed by atoms with Crippen LogP contribution in [0.3, 0.4) is 0 Å². The predicted molar refractivity (Wildman–Crippen MR) is 83.8 cm³/mol. The van der Waals surface area contributed by atoms with Crippen molar-refractivity contribution in [1.82, 2.24) is 5.32 Å². The van der Waals surface area contributed by atoms with Gasteiger partial charge in [0.2, 0.25) is 0 Å². The van der Waals surface area contributed by atoms with Gasteiger partial charge in [0.25, 0.3) is 0 Å². The smallest absolute Gasteiger partial charge is 0.142 e. The van der Waals surface area contributed by atoms with Gasteiger partial charge in [-0.1, -0.05) is 37.0 Å². The van der Waals surface area contributed by atoms with Gasteiger partial charge in [0.15, 0.2) is 0 Å². The van der Waals surface area contributed by atoms with E-state index in [1.165, 1.54) is 12.8 Å². The van der Waals surface area contributed by atoms with Gasteiger partial charge in [-0.2, -0.15) is 0 Å². The Kier molecular flexibility index (Phi) is 4.16. The normalized spacial score (nSPS) is 32.8. The fraction of sp³-hybridized carbons (Fsp3) is 0.625. The van der Waals surface area contributed by atoms with Gasteiger partial charge < -0.3 is 10.1 Å². The van der Waals surface area contributed by atoms with Crippen molar-refractivity contribution in [3.63, 3.8) is 0 Å². The lowest BCUT2D eigenvalue weighted by atomic mass is 9.94. The molecule has 110 valence electrons. The second-order valence-corrected chi connectivity index (χ2v) is 7.03. The van der Waals surface area contributed by atoms with Crippen molar-refractivity contribution in [1.29, 1.82) is 0 Å². The molecule has 1 N–H and O–H groups in total. The Hall–Kier alpha value is -0.440. The Morgan fingerprint density at radius 2 is 1.95 bits per heavy atom. The monoisotopic (exact) mass is 313 g/mol. The molecule has 0 saturated heterocycles. The third-order valence-electron chi connectivity index (χ3n) is 4.95. The Morgan fingerprint density at radius 1 is 1.15 bits per heavy atom. The Bertz CT molecular complexity index is 505. The highest BCUT2D eigenvalue weighted by Gasteiger charge is 2.33. The summed E-state index contributed by atoms with van der Waals surface area (Å²) in [6.45, 7) is 5.40. The highest BCUT2D eigenvalue weighted by atomic mass is 35.5. The summed E-state index contributed by atoms with van der Waals surface area (Å²) in [6, 6.07) is 4.62. The Balaban J connectivity index is 1.83. The number of hydrogen-bond acceptors (Lipinski definition) is 2.